The third-order valence-electron chi connectivity index (χ3n) is 2.33. The van der Waals surface area contributed by atoms with Crippen LogP contribution in [0.4, 0.5) is 0 Å². The van der Waals surface area contributed by atoms with Gasteiger partial charge in [0, 0.05) is 10.6 Å². The number of rotatable bonds is 2. The summed E-state index contributed by atoms with van der Waals surface area (Å²) in [6, 6.07) is 14.7. The molecule has 19 heavy (non-hydrogen) atoms. The molecular weight excluding hydrogens is 266 g/mol. The van der Waals surface area contributed by atoms with Crippen LogP contribution < -0.4 is 5.48 Å². The van der Waals surface area contributed by atoms with Gasteiger partial charge in [0.05, 0.1) is 5.56 Å². The zero-order valence-electron chi connectivity index (χ0n) is 9.80. The maximum Gasteiger partial charge on any atom is 0.363 e. The van der Waals surface area contributed by atoms with Crippen molar-refractivity contribution in [2.75, 3.05) is 0 Å². The van der Waals surface area contributed by atoms with Gasteiger partial charge in [-0.15, -0.1) is 0 Å². The number of carbonyl (C=O) groups excluding carboxylic acids is 2. The molecule has 0 bridgehead atoms. The van der Waals surface area contributed by atoms with Crippen LogP contribution >= 0.6 is 11.6 Å². The summed E-state index contributed by atoms with van der Waals surface area (Å²) in [7, 11) is 0. The number of hydroxylamine groups is 1. The Kier molecular flexibility index (Phi) is 4.15. The van der Waals surface area contributed by atoms with Crippen molar-refractivity contribution >= 4 is 23.5 Å². The number of nitrogens with one attached hydrogen (secondary N) is 1. The van der Waals surface area contributed by atoms with Crippen LogP contribution in [0.5, 0.6) is 0 Å². The average molecular weight is 276 g/mol. The van der Waals surface area contributed by atoms with Crippen molar-refractivity contribution in [2.24, 2.45) is 0 Å². The van der Waals surface area contributed by atoms with Gasteiger partial charge < -0.3 is 4.84 Å². The van der Waals surface area contributed by atoms with Crippen molar-refractivity contribution in [3.05, 3.63) is 70.7 Å². The standard InChI is InChI=1S/C14H10ClNO3/c15-12-8-4-7-11(9-12)14(18)19-16-13(17)10-5-2-1-3-6-10/h1-9H,(H,16,17). The quantitative estimate of drug-likeness (QED) is 0.858. The smallest absolute Gasteiger partial charge is 0.335 e. The van der Waals surface area contributed by atoms with E-state index < -0.39 is 11.9 Å². The van der Waals surface area contributed by atoms with Gasteiger partial charge in [0.15, 0.2) is 0 Å². The van der Waals surface area contributed by atoms with E-state index in [-0.39, 0.29) is 5.56 Å². The fourth-order valence-corrected chi connectivity index (χ4v) is 1.61. The van der Waals surface area contributed by atoms with E-state index in [1.165, 1.54) is 6.07 Å². The summed E-state index contributed by atoms with van der Waals surface area (Å²) < 4.78 is 0. The summed E-state index contributed by atoms with van der Waals surface area (Å²) in [5.41, 5.74) is 2.75. The lowest BCUT2D eigenvalue weighted by Crippen LogP contribution is -2.27. The molecule has 1 N–H and O–H groups in total. The molecule has 0 spiro atoms. The first-order valence-corrected chi connectivity index (χ1v) is 5.87. The predicted octanol–water partition coefficient (Wildman–Crippen LogP) is 2.84. The van der Waals surface area contributed by atoms with Crippen LogP contribution in [0.3, 0.4) is 0 Å². The van der Waals surface area contributed by atoms with Crippen LogP contribution in [0, 0.1) is 0 Å². The van der Waals surface area contributed by atoms with Crippen LogP contribution in [0.25, 0.3) is 0 Å². The molecule has 0 aliphatic rings. The third-order valence-corrected chi connectivity index (χ3v) is 2.57. The maximum absolute atomic E-state index is 11.6. The highest BCUT2D eigenvalue weighted by Gasteiger charge is 2.11. The van der Waals surface area contributed by atoms with E-state index in [2.05, 4.69) is 5.48 Å². The Morgan fingerprint density at radius 3 is 2.32 bits per heavy atom. The molecular formula is C14H10ClNO3. The zero-order chi connectivity index (χ0) is 13.7. The molecule has 2 rings (SSSR count). The van der Waals surface area contributed by atoms with Gasteiger partial charge in [-0.25, -0.2) is 4.79 Å². The Bertz CT molecular complexity index is 599. The number of amides is 1. The summed E-state index contributed by atoms with van der Waals surface area (Å²) in [4.78, 5) is 28.0. The zero-order valence-corrected chi connectivity index (χ0v) is 10.6. The van der Waals surface area contributed by atoms with Crippen molar-refractivity contribution in [2.45, 2.75) is 0 Å². The van der Waals surface area contributed by atoms with Gasteiger partial charge >= 0.3 is 5.97 Å². The van der Waals surface area contributed by atoms with Crippen molar-refractivity contribution < 1.29 is 14.4 Å². The summed E-state index contributed by atoms with van der Waals surface area (Å²) >= 11 is 5.75. The molecule has 0 fully saturated rings. The van der Waals surface area contributed by atoms with E-state index in [0.29, 0.717) is 10.6 Å². The molecule has 0 heterocycles. The molecule has 0 aliphatic carbocycles. The fraction of sp³-hybridized carbons (Fsp3) is 0. The van der Waals surface area contributed by atoms with E-state index >= 15 is 0 Å². The maximum atomic E-state index is 11.6. The molecule has 96 valence electrons. The van der Waals surface area contributed by atoms with Gasteiger partial charge in [-0.2, -0.15) is 5.48 Å². The third kappa shape index (κ3) is 3.56. The molecule has 4 nitrogen and oxygen atoms in total. The second kappa shape index (κ2) is 6.02. The van der Waals surface area contributed by atoms with Crippen LogP contribution in [0.15, 0.2) is 54.6 Å². The average Bonchev–Trinajstić information content (AvgIpc) is 2.45. The van der Waals surface area contributed by atoms with Crippen LogP contribution in [0.2, 0.25) is 5.02 Å². The highest BCUT2D eigenvalue weighted by molar-refractivity contribution is 6.30. The normalized spacial score (nSPS) is 9.74. The molecule has 0 aromatic heterocycles. The minimum absolute atomic E-state index is 0.265. The Morgan fingerprint density at radius 1 is 0.947 bits per heavy atom. The molecule has 0 atom stereocenters. The van der Waals surface area contributed by atoms with E-state index in [1.54, 1.807) is 48.5 Å². The van der Waals surface area contributed by atoms with Crippen molar-refractivity contribution in [1.29, 1.82) is 0 Å². The summed E-state index contributed by atoms with van der Waals surface area (Å²) in [5, 5.41) is 0.420. The van der Waals surface area contributed by atoms with Crippen LogP contribution in [-0.4, -0.2) is 11.9 Å². The number of benzene rings is 2. The highest BCUT2D eigenvalue weighted by atomic mass is 35.5. The molecule has 0 radical (unpaired) electrons. The van der Waals surface area contributed by atoms with Gasteiger partial charge in [-0.05, 0) is 30.3 Å². The minimum Gasteiger partial charge on any atom is -0.335 e. The topological polar surface area (TPSA) is 55.4 Å². The molecule has 5 heteroatoms. The molecule has 2 aromatic rings. The van der Waals surface area contributed by atoms with Crippen LogP contribution in [0.1, 0.15) is 20.7 Å². The highest BCUT2D eigenvalue weighted by Crippen LogP contribution is 2.11. The van der Waals surface area contributed by atoms with Gasteiger partial charge in [-0.1, -0.05) is 35.9 Å². The number of hydrogen-bond acceptors (Lipinski definition) is 3. The Morgan fingerprint density at radius 2 is 1.63 bits per heavy atom. The Balaban J connectivity index is 1.96. The molecule has 0 saturated heterocycles. The van der Waals surface area contributed by atoms with Crippen molar-refractivity contribution in [3.63, 3.8) is 0 Å². The lowest BCUT2D eigenvalue weighted by molar-refractivity contribution is 0.0230. The molecule has 2 aromatic carbocycles. The van der Waals surface area contributed by atoms with Gasteiger partial charge in [0.1, 0.15) is 0 Å². The molecule has 0 saturated carbocycles. The van der Waals surface area contributed by atoms with Gasteiger partial charge in [0.2, 0.25) is 0 Å². The van der Waals surface area contributed by atoms with E-state index in [4.69, 9.17) is 16.4 Å². The number of carbonyl (C=O) groups is 2. The van der Waals surface area contributed by atoms with Gasteiger partial charge in [0.25, 0.3) is 5.91 Å². The predicted molar refractivity (Wildman–Crippen MR) is 70.8 cm³/mol. The Labute approximate surface area is 114 Å². The summed E-state index contributed by atoms with van der Waals surface area (Å²) in [5.74, 6) is -1.16. The van der Waals surface area contributed by atoms with E-state index in [1.807, 2.05) is 0 Å². The lowest BCUT2D eigenvalue weighted by Gasteiger charge is -2.05. The lowest BCUT2D eigenvalue weighted by atomic mass is 10.2. The minimum atomic E-state index is -0.674. The molecule has 0 aliphatic heterocycles. The molecule has 0 unspecified atom stereocenters. The second-order valence-electron chi connectivity index (χ2n) is 3.70. The Hall–Kier alpha value is -2.33. The summed E-state index contributed by atoms with van der Waals surface area (Å²) in [6.07, 6.45) is 0. The monoisotopic (exact) mass is 275 g/mol. The van der Waals surface area contributed by atoms with Crippen LogP contribution in [-0.2, 0) is 4.84 Å². The largest absolute Gasteiger partial charge is 0.363 e. The van der Waals surface area contributed by atoms with E-state index in [9.17, 15) is 9.59 Å². The fourth-order valence-electron chi connectivity index (χ4n) is 1.42. The van der Waals surface area contributed by atoms with E-state index in [0.717, 1.165) is 0 Å². The molecule has 1 amide bonds. The first-order chi connectivity index (χ1) is 9.16. The first kappa shape index (κ1) is 13.1. The summed E-state index contributed by atoms with van der Waals surface area (Å²) in [6.45, 7) is 0. The first-order valence-electron chi connectivity index (χ1n) is 5.49. The second-order valence-corrected chi connectivity index (χ2v) is 4.13. The van der Waals surface area contributed by atoms with Gasteiger partial charge in [-0.3, -0.25) is 4.79 Å². The van der Waals surface area contributed by atoms with Crippen molar-refractivity contribution in [1.82, 2.24) is 5.48 Å². The number of hydrogen-bond donors (Lipinski definition) is 1. The number of halogens is 1. The SMILES string of the molecule is O=C(NOC(=O)c1cccc(Cl)c1)c1ccccc1. The van der Waals surface area contributed by atoms with Crippen molar-refractivity contribution in [3.8, 4) is 0 Å².